The molecule has 0 N–H and O–H groups in total. The lowest BCUT2D eigenvalue weighted by Crippen LogP contribution is -2.05. The zero-order valence-corrected chi connectivity index (χ0v) is 54.3. The molecule has 0 rings (SSSR count). The maximum Gasteiger partial charge on any atom is 0.132 e. The summed E-state index contributed by atoms with van der Waals surface area (Å²) in [6.45, 7) is 46.6. The van der Waals surface area contributed by atoms with E-state index in [1.54, 1.807) is 55.4 Å². The number of unbranched alkanes of at least 4 members (excludes halogenated alkanes) is 10. The van der Waals surface area contributed by atoms with Gasteiger partial charge in [-0.3, -0.25) is 38.4 Å². The summed E-state index contributed by atoms with van der Waals surface area (Å²) < 4.78 is 0. The minimum atomic E-state index is 0.282. The predicted octanol–water partition coefficient (Wildman–Crippen LogP) is 20.0. The minimum absolute atomic E-state index is 0.282. The van der Waals surface area contributed by atoms with Crippen LogP contribution in [0.4, 0.5) is 0 Å². The molecular weight excluding hydrogens is 921 g/mol. The van der Waals surface area contributed by atoms with E-state index in [4.69, 9.17) is 0 Å². The van der Waals surface area contributed by atoms with Crippen molar-refractivity contribution >= 4 is 46.3 Å². The third-order valence-electron chi connectivity index (χ3n) is 14.0. The molecule has 8 nitrogen and oxygen atoms in total. The maximum atomic E-state index is 10.7. The standard InChI is InChI=1S/2C9H18O.6C8H16O/c2*1-4-5-6-7-8(2)9(3)10;6*1-4-5-6-7(2)8(3)9/h2*8H,4-7H2,1-3H3;6*7H,4-6H2,1-3H3/t2*8-;6*7-/m11111111/s1. The molecule has 0 amide bonds. The Hall–Kier alpha value is -2.64. The zero-order chi connectivity index (χ0) is 59.6. The van der Waals surface area contributed by atoms with Gasteiger partial charge in [-0.15, -0.1) is 0 Å². The molecule has 0 spiro atoms. The van der Waals surface area contributed by atoms with Crippen molar-refractivity contribution in [2.24, 2.45) is 47.3 Å². The molecule has 74 heavy (non-hydrogen) atoms. The smallest absolute Gasteiger partial charge is 0.132 e. The third-order valence-corrected chi connectivity index (χ3v) is 14.0. The van der Waals surface area contributed by atoms with Crippen LogP contribution < -0.4 is 0 Å². The lowest BCUT2D eigenvalue weighted by atomic mass is 10.0. The Morgan fingerprint density at radius 2 is 0.284 bits per heavy atom. The average Bonchev–Trinajstić information content (AvgIpc) is 3.35. The minimum Gasteiger partial charge on any atom is -0.300 e. The fourth-order valence-electron chi connectivity index (χ4n) is 6.09. The fraction of sp³-hybridized carbons (Fsp3) is 0.879. The molecule has 0 saturated heterocycles. The quantitative estimate of drug-likeness (QED) is 0.0581. The van der Waals surface area contributed by atoms with Gasteiger partial charge >= 0.3 is 0 Å². The monoisotopic (exact) mass is 1050 g/mol. The van der Waals surface area contributed by atoms with Crippen LogP contribution in [0.3, 0.4) is 0 Å². The van der Waals surface area contributed by atoms with Gasteiger partial charge in [-0.1, -0.05) is 226 Å². The summed E-state index contributed by atoms with van der Waals surface area (Å²) in [7, 11) is 0. The molecule has 444 valence electrons. The van der Waals surface area contributed by atoms with Crippen LogP contribution >= 0.6 is 0 Å². The van der Waals surface area contributed by atoms with Crippen molar-refractivity contribution in [3.05, 3.63) is 0 Å². The van der Waals surface area contributed by atoms with Gasteiger partial charge in [0.15, 0.2) is 0 Å². The summed E-state index contributed by atoms with van der Waals surface area (Å²) in [5, 5.41) is 0. The van der Waals surface area contributed by atoms with Gasteiger partial charge in [-0.2, -0.15) is 0 Å². The Labute approximate surface area is 463 Å². The largest absolute Gasteiger partial charge is 0.300 e. The van der Waals surface area contributed by atoms with E-state index in [9.17, 15) is 38.4 Å². The van der Waals surface area contributed by atoms with Gasteiger partial charge in [-0.25, -0.2) is 0 Å². The first-order valence-electron chi connectivity index (χ1n) is 30.5. The lowest BCUT2D eigenvalue weighted by molar-refractivity contribution is -0.121. The van der Waals surface area contributed by atoms with Crippen LogP contribution in [-0.2, 0) is 38.4 Å². The van der Waals surface area contributed by atoms with Gasteiger partial charge in [0.05, 0.1) is 0 Å². The van der Waals surface area contributed by atoms with Crippen molar-refractivity contribution in [2.45, 2.75) is 333 Å². The highest BCUT2D eigenvalue weighted by atomic mass is 16.2. The SMILES string of the molecule is CCCCC[C@@H](C)C(C)=O.CCCCC[C@@H](C)C(C)=O.CCCC[C@@H](C)C(C)=O.CCCC[C@@H](C)C(C)=O.CCCC[C@@H](C)C(C)=O.CCCC[C@@H](C)C(C)=O.CCCC[C@@H](C)C(C)=O.CCCC[C@@H](C)C(C)=O. The Kier molecular flexibility index (Phi) is 79.0. The van der Waals surface area contributed by atoms with Crippen molar-refractivity contribution in [1.82, 2.24) is 0 Å². The van der Waals surface area contributed by atoms with Crippen molar-refractivity contribution in [1.29, 1.82) is 0 Å². The van der Waals surface area contributed by atoms with E-state index >= 15 is 0 Å². The number of hydrogen-bond acceptors (Lipinski definition) is 8. The summed E-state index contributed by atoms with van der Waals surface area (Å²) >= 11 is 0. The van der Waals surface area contributed by atoms with Gasteiger partial charge in [-0.05, 0) is 107 Å². The molecule has 0 aliphatic carbocycles. The first kappa shape index (κ1) is 88.0. The first-order chi connectivity index (χ1) is 34.4. The second kappa shape index (κ2) is 66.5. The van der Waals surface area contributed by atoms with E-state index in [0.29, 0.717) is 46.3 Å². The molecule has 0 bridgehead atoms. The normalized spacial score (nSPS) is 13.2. The molecule has 8 heteroatoms. The Morgan fingerprint density at radius 3 is 0.365 bits per heavy atom. The highest BCUT2D eigenvalue weighted by Gasteiger charge is 2.09. The van der Waals surface area contributed by atoms with Crippen LogP contribution in [0.15, 0.2) is 0 Å². The molecular formula is C66H132O8. The Morgan fingerprint density at radius 1 is 0.189 bits per heavy atom. The second-order valence-electron chi connectivity index (χ2n) is 21.9. The average molecular weight is 1050 g/mol. The predicted molar refractivity (Wildman–Crippen MR) is 324 cm³/mol. The van der Waals surface area contributed by atoms with Gasteiger partial charge in [0.2, 0.25) is 0 Å². The van der Waals surface area contributed by atoms with Crippen LogP contribution in [0.1, 0.15) is 333 Å². The van der Waals surface area contributed by atoms with Gasteiger partial charge in [0.1, 0.15) is 46.3 Å². The topological polar surface area (TPSA) is 137 Å². The van der Waals surface area contributed by atoms with E-state index in [1.165, 1.54) is 116 Å². The summed E-state index contributed by atoms with van der Waals surface area (Å²) in [5.41, 5.74) is 0. The number of hydrogen-bond donors (Lipinski definition) is 0. The summed E-state index contributed by atoms with van der Waals surface area (Å²) in [5.74, 6) is 4.86. The number of carbonyl (C=O) groups is 8. The molecule has 0 saturated carbocycles. The second-order valence-corrected chi connectivity index (χ2v) is 21.9. The molecule has 0 unspecified atom stereocenters. The van der Waals surface area contributed by atoms with E-state index in [-0.39, 0.29) is 47.3 Å². The zero-order valence-electron chi connectivity index (χ0n) is 54.3. The van der Waals surface area contributed by atoms with E-state index in [2.05, 4.69) is 55.4 Å². The van der Waals surface area contributed by atoms with Gasteiger partial charge < -0.3 is 0 Å². The Balaban J connectivity index is -0.000000112. The molecule has 0 heterocycles. The van der Waals surface area contributed by atoms with Crippen LogP contribution in [0.5, 0.6) is 0 Å². The van der Waals surface area contributed by atoms with Crippen molar-refractivity contribution in [2.75, 3.05) is 0 Å². The van der Waals surface area contributed by atoms with Crippen molar-refractivity contribution in [3.8, 4) is 0 Å². The molecule has 0 aliphatic heterocycles. The van der Waals surface area contributed by atoms with E-state index < -0.39 is 0 Å². The number of rotatable bonds is 34. The van der Waals surface area contributed by atoms with E-state index in [1.807, 2.05) is 55.4 Å². The van der Waals surface area contributed by atoms with Crippen LogP contribution in [-0.4, -0.2) is 46.3 Å². The van der Waals surface area contributed by atoms with Crippen LogP contribution in [0, 0.1) is 47.3 Å². The van der Waals surface area contributed by atoms with Crippen LogP contribution in [0.25, 0.3) is 0 Å². The maximum absolute atomic E-state index is 10.7. The lowest BCUT2D eigenvalue weighted by Gasteiger charge is -2.04. The Bertz CT molecular complexity index is 1090. The summed E-state index contributed by atoms with van der Waals surface area (Å²) in [4.78, 5) is 85.4. The van der Waals surface area contributed by atoms with E-state index in [0.717, 1.165) is 51.4 Å². The first-order valence-corrected chi connectivity index (χ1v) is 30.5. The molecule has 0 aromatic carbocycles. The number of Topliss-reactive ketones (excluding diaryl/α,β-unsaturated/α-hetero) is 8. The van der Waals surface area contributed by atoms with Gasteiger partial charge in [0.25, 0.3) is 0 Å². The third kappa shape index (κ3) is 80.7. The number of ketones is 8. The highest BCUT2D eigenvalue weighted by molar-refractivity contribution is 5.80. The molecule has 0 aromatic rings. The molecule has 0 radical (unpaired) electrons. The fourth-order valence-corrected chi connectivity index (χ4v) is 6.09. The van der Waals surface area contributed by atoms with Crippen LogP contribution in [0.2, 0.25) is 0 Å². The highest BCUT2D eigenvalue weighted by Crippen LogP contribution is 2.13. The van der Waals surface area contributed by atoms with Crippen molar-refractivity contribution in [3.63, 3.8) is 0 Å². The van der Waals surface area contributed by atoms with Crippen molar-refractivity contribution < 1.29 is 38.4 Å². The molecule has 8 atom stereocenters. The number of carbonyl (C=O) groups excluding carboxylic acids is 8. The molecule has 0 aliphatic rings. The van der Waals surface area contributed by atoms with Gasteiger partial charge in [0, 0.05) is 47.3 Å². The molecule has 0 aromatic heterocycles. The molecule has 0 fully saturated rings. The summed E-state index contributed by atoms with van der Waals surface area (Å²) in [6, 6.07) is 0. The summed E-state index contributed by atoms with van der Waals surface area (Å²) in [6.07, 6.45) is 30.2.